The van der Waals surface area contributed by atoms with Crippen molar-refractivity contribution in [2.24, 2.45) is 0 Å². The molecule has 1 N–H and O–H groups in total. The molecular weight excluding hydrogens is 558 g/mol. The van der Waals surface area contributed by atoms with Gasteiger partial charge in [-0.05, 0) is 37.0 Å². The van der Waals surface area contributed by atoms with Crippen LogP contribution in [0.1, 0.15) is 54.9 Å². The van der Waals surface area contributed by atoms with Crippen molar-refractivity contribution in [3.8, 4) is 6.07 Å². The first-order chi connectivity index (χ1) is 19.7. The first-order valence-corrected chi connectivity index (χ1v) is 15.1. The molecule has 9 nitrogen and oxygen atoms in total. The van der Waals surface area contributed by atoms with Crippen LogP contribution in [0.2, 0.25) is 0 Å². The number of thioether (sulfide) groups is 1. The molecule has 0 spiro atoms. The van der Waals surface area contributed by atoms with Crippen LogP contribution < -0.4 is 10.5 Å². The molecule has 0 radical (unpaired) electrons. The lowest BCUT2D eigenvalue weighted by molar-refractivity contribution is -0.137. The number of carboxylic acid groups (broad SMARTS) is 1. The zero-order chi connectivity index (χ0) is 29.5. The van der Waals surface area contributed by atoms with Crippen LogP contribution in [0.5, 0.6) is 0 Å². The number of nitriles is 1. The monoisotopic (exact) mass is 593 g/mol. The summed E-state index contributed by atoms with van der Waals surface area (Å²) in [5, 5.41) is 18.9. The van der Waals surface area contributed by atoms with Crippen LogP contribution in [-0.2, 0) is 22.7 Å². The maximum Gasteiger partial charge on any atom is 0.303 e. The van der Waals surface area contributed by atoms with E-state index in [2.05, 4.69) is 34.9 Å². The summed E-state index contributed by atoms with van der Waals surface area (Å²) >= 11 is 6.62. The fourth-order valence-electron chi connectivity index (χ4n) is 5.18. The molecule has 2 aliphatic rings. The fraction of sp³-hybridized carbons (Fsp3) is 0.433. The lowest BCUT2D eigenvalue weighted by atomic mass is 10.0. The van der Waals surface area contributed by atoms with E-state index in [1.807, 2.05) is 18.2 Å². The number of carboxylic acids is 1. The Balaban J connectivity index is 1.70. The van der Waals surface area contributed by atoms with Crippen LogP contribution >= 0.6 is 24.0 Å². The van der Waals surface area contributed by atoms with Gasteiger partial charge in [0.1, 0.15) is 21.8 Å². The highest BCUT2D eigenvalue weighted by molar-refractivity contribution is 8.26. The van der Waals surface area contributed by atoms with Gasteiger partial charge in [0.2, 0.25) is 0 Å². The molecule has 4 rings (SSSR count). The van der Waals surface area contributed by atoms with E-state index in [4.69, 9.17) is 17.3 Å². The molecule has 1 aromatic carbocycles. The highest BCUT2D eigenvalue weighted by atomic mass is 32.2. The normalized spacial score (nSPS) is 17.0. The molecule has 41 heavy (non-hydrogen) atoms. The average molecular weight is 594 g/mol. The van der Waals surface area contributed by atoms with Crippen LogP contribution in [0.4, 0.5) is 5.82 Å². The van der Waals surface area contributed by atoms with Gasteiger partial charge in [-0.15, -0.1) is 0 Å². The Hall–Kier alpha value is -3.46. The summed E-state index contributed by atoms with van der Waals surface area (Å²) < 4.78 is 2.08. The Labute approximate surface area is 250 Å². The van der Waals surface area contributed by atoms with Crippen LogP contribution in [0.25, 0.3) is 6.08 Å². The molecule has 216 valence electrons. The first-order valence-electron chi connectivity index (χ1n) is 13.9. The van der Waals surface area contributed by atoms with Crippen molar-refractivity contribution in [2.75, 3.05) is 37.6 Å². The molecule has 11 heteroatoms. The molecular formula is C30H35N5O4S2. The second-order valence-electron chi connectivity index (χ2n) is 10.2. The van der Waals surface area contributed by atoms with Crippen molar-refractivity contribution in [3.63, 3.8) is 0 Å². The second kappa shape index (κ2) is 13.9. The van der Waals surface area contributed by atoms with E-state index in [1.54, 1.807) is 17.6 Å². The number of aliphatic carboxylic acids is 1. The number of thiocarbonyl (C=S) groups is 1. The van der Waals surface area contributed by atoms with E-state index in [1.165, 1.54) is 22.2 Å². The number of piperazine rings is 1. The van der Waals surface area contributed by atoms with Crippen molar-refractivity contribution in [1.29, 1.82) is 5.26 Å². The number of benzene rings is 1. The number of hydrogen-bond donors (Lipinski definition) is 1. The predicted octanol–water partition coefficient (Wildman–Crippen LogP) is 4.22. The number of anilines is 1. The van der Waals surface area contributed by atoms with Crippen LogP contribution in [0, 0.1) is 18.3 Å². The molecule has 0 bridgehead atoms. The number of nitrogens with zero attached hydrogens (tertiary/aromatic N) is 5. The highest BCUT2D eigenvalue weighted by Crippen LogP contribution is 2.36. The molecule has 1 aromatic heterocycles. The topological polar surface area (TPSA) is 110 Å². The van der Waals surface area contributed by atoms with Crippen molar-refractivity contribution in [2.45, 2.75) is 52.6 Å². The van der Waals surface area contributed by atoms with E-state index in [0.717, 1.165) is 38.3 Å². The number of hydrogen-bond acceptors (Lipinski definition) is 8. The predicted molar refractivity (Wildman–Crippen MR) is 166 cm³/mol. The molecule has 0 saturated carbocycles. The van der Waals surface area contributed by atoms with E-state index >= 15 is 0 Å². The first kappa shape index (κ1) is 30.5. The second-order valence-corrected chi connectivity index (χ2v) is 11.9. The van der Waals surface area contributed by atoms with Gasteiger partial charge in [-0.1, -0.05) is 67.7 Å². The smallest absolute Gasteiger partial charge is 0.303 e. The van der Waals surface area contributed by atoms with Gasteiger partial charge in [0.15, 0.2) is 0 Å². The van der Waals surface area contributed by atoms with Crippen molar-refractivity contribution < 1.29 is 14.7 Å². The Bertz CT molecular complexity index is 1440. The zero-order valence-electron chi connectivity index (χ0n) is 23.5. The van der Waals surface area contributed by atoms with Crippen LogP contribution in [0.3, 0.4) is 0 Å². The van der Waals surface area contributed by atoms with Gasteiger partial charge in [-0.25, -0.2) is 0 Å². The highest BCUT2D eigenvalue weighted by Gasteiger charge is 2.33. The Morgan fingerprint density at radius 3 is 2.46 bits per heavy atom. The van der Waals surface area contributed by atoms with Gasteiger partial charge in [0, 0.05) is 57.8 Å². The SMILES string of the molecule is CCCCn1c(N2CCN(Cc3ccccc3)CC2)c(/C=C2/SC(=S)N(CCCC(=O)O)C2=O)c(C)c(C#N)c1=O. The molecule has 0 atom stereocenters. The number of pyridine rings is 1. The van der Waals surface area contributed by atoms with Gasteiger partial charge in [0.25, 0.3) is 11.5 Å². The summed E-state index contributed by atoms with van der Waals surface area (Å²) in [7, 11) is 0. The number of rotatable bonds is 11. The van der Waals surface area contributed by atoms with Crippen LogP contribution in [0.15, 0.2) is 40.0 Å². The standard InChI is InChI=1S/C30H35N5O4S2/c1-3-4-12-34-27(33-16-14-32(15-17-33)20-22-9-6-5-7-10-22)23(21(2)24(19-31)28(34)38)18-25-29(39)35(30(40)41-25)13-8-11-26(36)37/h5-7,9-10,18H,3-4,8,11-17,20H2,1-2H3,(H,36,37)/b25-18+. The number of unbranched alkanes of at least 4 members (excludes halogenated alkanes) is 1. The number of carbonyl (C=O) groups excluding carboxylic acids is 1. The Morgan fingerprint density at radius 2 is 1.83 bits per heavy atom. The summed E-state index contributed by atoms with van der Waals surface area (Å²) in [4.78, 5) is 44.3. The van der Waals surface area contributed by atoms with E-state index in [-0.39, 0.29) is 30.0 Å². The van der Waals surface area contributed by atoms with Crippen molar-refractivity contribution in [1.82, 2.24) is 14.4 Å². The lowest BCUT2D eigenvalue weighted by Gasteiger charge is -2.38. The van der Waals surface area contributed by atoms with E-state index in [0.29, 0.717) is 46.4 Å². The summed E-state index contributed by atoms with van der Waals surface area (Å²) in [6, 6.07) is 12.4. The van der Waals surface area contributed by atoms with E-state index < -0.39 is 5.97 Å². The minimum absolute atomic E-state index is 0.0520. The van der Waals surface area contributed by atoms with Crippen molar-refractivity contribution in [3.05, 3.63) is 67.8 Å². The van der Waals surface area contributed by atoms with E-state index in [9.17, 15) is 19.6 Å². The Kier molecular flexibility index (Phi) is 10.4. The third-order valence-electron chi connectivity index (χ3n) is 7.42. The maximum atomic E-state index is 13.6. The van der Waals surface area contributed by atoms with Crippen molar-refractivity contribution >= 4 is 52.1 Å². The molecule has 1 amide bonds. The molecule has 2 aliphatic heterocycles. The molecule has 3 heterocycles. The minimum atomic E-state index is -0.923. The summed E-state index contributed by atoms with van der Waals surface area (Å²) in [6.07, 6.45) is 3.67. The molecule has 2 saturated heterocycles. The van der Waals surface area contributed by atoms with Crippen LogP contribution in [-0.4, -0.2) is 68.4 Å². The minimum Gasteiger partial charge on any atom is -0.481 e. The lowest BCUT2D eigenvalue weighted by Crippen LogP contribution is -2.48. The third kappa shape index (κ3) is 7.07. The van der Waals surface area contributed by atoms with Gasteiger partial charge < -0.3 is 10.0 Å². The van der Waals surface area contributed by atoms with Gasteiger partial charge in [-0.2, -0.15) is 5.26 Å². The number of aromatic nitrogens is 1. The van der Waals surface area contributed by atoms with Gasteiger partial charge >= 0.3 is 5.97 Å². The summed E-state index contributed by atoms with van der Waals surface area (Å²) in [5.41, 5.74) is 2.25. The third-order valence-corrected chi connectivity index (χ3v) is 8.80. The maximum absolute atomic E-state index is 13.6. The molecule has 0 aliphatic carbocycles. The Morgan fingerprint density at radius 1 is 1.12 bits per heavy atom. The molecule has 2 fully saturated rings. The fourth-order valence-corrected chi connectivity index (χ4v) is 6.47. The zero-order valence-corrected chi connectivity index (χ0v) is 25.1. The summed E-state index contributed by atoms with van der Waals surface area (Å²) in [5.74, 6) is -0.475. The number of amides is 1. The quantitative estimate of drug-likeness (QED) is 0.303. The number of carbonyl (C=O) groups is 2. The average Bonchev–Trinajstić information content (AvgIpc) is 3.22. The van der Waals surface area contributed by atoms with Gasteiger partial charge in [-0.3, -0.25) is 28.8 Å². The largest absolute Gasteiger partial charge is 0.481 e. The van der Waals surface area contributed by atoms with Gasteiger partial charge in [0.05, 0.1) is 4.91 Å². The summed E-state index contributed by atoms with van der Waals surface area (Å²) in [6.45, 7) is 8.37. The molecule has 2 aromatic rings. The molecule has 0 unspecified atom stereocenters.